The van der Waals surface area contributed by atoms with Crippen molar-refractivity contribution in [3.8, 4) is 0 Å². The highest BCUT2D eigenvalue weighted by Crippen LogP contribution is 2.32. The van der Waals surface area contributed by atoms with Crippen molar-refractivity contribution in [1.82, 2.24) is 0 Å². The molecule has 0 spiro atoms. The molecule has 0 bridgehead atoms. The van der Waals surface area contributed by atoms with Gasteiger partial charge in [-0.1, -0.05) is 84.2 Å². The summed E-state index contributed by atoms with van der Waals surface area (Å²) < 4.78 is 0. The number of unbranched alkanes of at least 4 members (excludes halogenated alkanes) is 4. The zero-order chi connectivity index (χ0) is 12.7. The molecule has 1 aromatic rings. The largest absolute Gasteiger partial charge is 0.0839 e. The highest BCUT2D eigenvalue weighted by molar-refractivity contribution is 9.09. The maximum atomic E-state index is 6.01. The van der Waals surface area contributed by atoms with Gasteiger partial charge in [0.25, 0.3) is 0 Å². The number of rotatable bonds is 7. The van der Waals surface area contributed by atoms with E-state index < -0.39 is 0 Å². The minimum absolute atomic E-state index is 0.388. The molecule has 0 radical (unpaired) electrons. The van der Waals surface area contributed by atoms with E-state index in [0.717, 1.165) is 6.42 Å². The Balaban J connectivity index is 2.36. The Labute approximate surface area is 123 Å². The fourth-order valence-electron chi connectivity index (χ4n) is 1.80. The predicted octanol–water partition coefficient (Wildman–Crippen LogP) is 6.79. The van der Waals surface area contributed by atoms with Gasteiger partial charge in [0.05, 0.1) is 10.0 Å². The van der Waals surface area contributed by atoms with E-state index in [-0.39, 0.29) is 0 Å². The van der Waals surface area contributed by atoms with E-state index in [4.69, 9.17) is 23.2 Å². The van der Waals surface area contributed by atoms with Gasteiger partial charge < -0.3 is 0 Å². The van der Waals surface area contributed by atoms with Crippen molar-refractivity contribution in [2.75, 3.05) is 0 Å². The lowest BCUT2D eigenvalue weighted by Gasteiger charge is -2.11. The minimum atomic E-state index is 0.388. The smallest absolute Gasteiger partial charge is 0.0595 e. The third-order valence-corrected chi connectivity index (χ3v) is 4.59. The van der Waals surface area contributed by atoms with Crippen LogP contribution in [0.3, 0.4) is 0 Å². The van der Waals surface area contributed by atoms with Crippen molar-refractivity contribution >= 4 is 39.1 Å². The molecule has 0 aliphatic carbocycles. The first kappa shape index (κ1) is 15.3. The fraction of sp³-hybridized carbons (Fsp3) is 0.571. The molecule has 1 atom stereocenters. The van der Waals surface area contributed by atoms with Crippen molar-refractivity contribution < 1.29 is 0 Å². The Hall–Kier alpha value is 0.280. The maximum Gasteiger partial charge on any atom is 0.0595 e. The SMILES string of the molecule is CCCCCCCC(Br)c1ccc(Cl)c(Cl)c1. The molecule has 0 aliphatic heterocycles. The van der Waals surface area contributed by atoms with E-state index in [1.807, 2.05) is 18.2 Å². The second-order valence-electron chi connectivity index (χ2n) is 4.34. The van der Waals surface area contributed by atoms with E-state index in [0.29, 0.717) is 14.9 Å². The normalized spacial score (nSPS) is 12.7. The van der Waals surface area contributed by atoms with Crippen molar-refractivity contribution in [3.05, 3.63) is 33.8 Å². The van der Waals surface area contributed by atoms with Crippen LogP contribution in [0.2, 0.25) is 10.0 Å². The Morgan fingerprint density at radius 2 is 1.76 bits per heavy atom. The third kappa shape index (κ3) is 5.63. The molecule has 3 heteroatoms. The zero-order valence-corrected chi connectivity index (χ0v) is 13.3. The highest BCUT2D eigenvalue weighted by Gasteiger charge is 2.08. The van der Waals surface area contributed by atoms with Crippen LogP contribution in [0.4, 0.5) is 0 Å². The summed E-state index contributed by atoms with van der Waals surface area (Å²) in [5, 5.41) is 1.26. The van der Waals surface area contributed by atoms with E-state index in [2.05, 4.69) is 22.9 Å². The van der Waals surface area contributed by atoms with Gasteiger partial charge in [0.15, 0.2) is 0 Å². The third-order valence-electron chi connectivity index (χ3n) is 2.87. The number of hydrogen-bond acceptors (Lipinski definition) is 0. The molecule has 0 saturated heterocycles. The van der Waals surface area contributed by atoms with E-state index in [9.17, 15) is 0 Å². The average molecular weight is 338 g/mol. The first-order valence-corrected chi connectivity index (χ1v) is 7.91. The van der Waals surface area contributed by atoms with Crippen LogP contribution in [-0.2, 0) is 0 Å². The van der Waals surface area contributed by atoms with Gasteiger partial charge in [-0.15, -0.1) is 0 Å². The lowest BCUT2D eigenvalue weighted by molar-refractivity contribution is 0.606. The molecule has 0 N–H and O–H groups in total. The first-order chi connectivity index (χ1) is 8.15. The summed E-state index contributed by atoms with van der Waals surface area (Å²) >= 11 is 15.6. The standard InChI is InChI=1S/C14H19BrCl2/c1-2-3-4-5-6-7-12(15)11-8-9-13(16)14(17)10-11/h8-10,12H,2-7H2,1H3. The van der Waals surface area contributed by atoms with Gasteiger partial charge in [-0.2, -0.15) is 0 Å². The summed E-state index contributed by atoms with van der Waals surface area (Å²) in [7, 11) is 0. The molecule has 0 heterocycles. The fourth-order valence-corrected chi connectivity index (χ4v) is 2.72. The average Bonchev–Trinajstić information content (AvgIpc) is 2.32. The van der Waals surface area contributed by atoms with Crippen LogP contribution in [0.1, 0.15) is 55.8 Å². The summed E-state index contributed by atoms with van der Waals surface area (Å²) in [6, 6.07) is 5.86. The summed E-state index contributed by atoms with van der Waals surface area (Å²) in [6.45, 7) is 2.24. The van der Waals surface area contributed by atoms with Crippen LogP contribution in [-0.4, -0.2) is 0 Å². The van der Waals surface area contributed by atoms with Crippen LogP contribution in [0.25, 0.3) is 0 Å². The molecule has 17 heavy (non-hydrogen) atoms. The molecule has 0 aromatic heterocycles. The topological polar surface area (TPSA) is 0 Å². The molecule has 0 amide bonds. The van der Waals surface area contributed by atoms with E-state index in [1.165, 1.54) is 37.7 Å². The molecule has 96 valence electrons. The quantitative estimate of drug-likeness (QED) is 0.379. The summed E-state index contributed by atoms with van der Waals surface area (Å²) in [5.74, 6) is 0. The first-order valence-electron chi connectivity index (χ1n) is 6.24. The van der Waals surface area contributed by atoms with Crippen LogP contribution >= 0.6 is 39.1 Å². The van der Waals surface area contributed by atoms with Crippen LogP contribution in [0.5, 0.6) is 0 Å². The van der Waals surface area contributed by atoms with Crippen molar-refractivity contribution in [2.45, 2.75) is 50.3 Å². The lowest BCUT2D eigenvalue weighted by Crippen LogP contribution is -1.90. The van der Waals surface area contributed by atoms with Crippen LogP contribution in [0, 0.1) is 0 Å². The molecular formula is C14H19BrCl2. The molecular weight excluding hydrogens is 319 g/mol. The molecule has 1 aromatic carbocycles. The van der Waals surface area contributed by atoms with Gasteiger partial charge in [-0.3, -0.25) is 0 Å². The molecule has 1 rings (SSSR count). The van der Waals surface area contributed by atoms with Gasteiger partial charge in [-0.25, -0.2) is 0 Å². The molecule has 0 nitrogen and oxygen atoms in total. The number of halogens is 3. The number of hydrogen-bond donors (Lipinski definition) is 0. The monoisotopic (exact) mass is 336 g/mol. The molecule has 1 unspecified atom stereocenters. The van der Waals surface area contributed by atoms with Gasteiger partial charge in [0.2, 0.25) is 0 Å². The Bertz CT molecular complexity index is 339. The Kier molecular flexibility index (Phi) is 7.57. The number of benzene rings is 1. The Morgan fingerprint density at radius 1 is 1.06 bits per heavy atom. The van der Waals surface area contributed by atoms with E-state index >= 15 is 0 Å². The van der Waals surface area contributed by atoms with Crippen molar-refractivity contribution in [1.29, 1.82) is 0 Å². The van der Waals surface area contributed by atoms with Gasteiger partial charge in [0.1, 0.15) is 0 Å². The zero-order valence-electron chi connectivity index (χ0n) is 10.2. The van der Waals surface area contributed by atoms with Gasteiger partial charge in [-0.05, 0) is 24.1 Å². The van der Waals surface area contributed by atoms with Crippen molar-refractivity contribution in [3.63, 3.8) is 0 Å². The van der Waals surface area contributed by atoms with E-state index in [1.54, 1.807) is 0 Å². The second-order valence-corrected chi connectivity index (χ2v) is 6.26. The van der Waals surface area contributed by atoms with Crippen LogP contribution < -0.4 is 0 Å². The van der Waals surface area contributed by atoms with Gasteiger partial charge in [0, 0.05) is 4.83 Å². The summed E-state index contributed by atoms with van der Waals surface area (Å²) in [4.78, 5) is 0.388. The lowest BCUT2D eigenvalue weighted by atomic mass is 10.0. The predicted molar refractivity (Wildman–Crippen MR) is 81.5 cm³/mol. The summed E-state index contributed by atoms with van der Waals surface area (Å²) in [5.41, 5.74) is 1.22. The molecule has 0 saturated carbocycles. The highest BCUT2D eigenvalue weighted by atomic mass is 79.9. The molecule has 0 fully saturated rings. The van der Waals surface area contributed by atoms with Crippen LogP contribution in [0.15, 0.2) is 18.2 Å². The summed E-state index contributed by atoms with van der Waals surface area (Å²) in [6.07, 6.45) is 7.72. The van der Waals surface area contributed by atoms with Gasteiger partial charge >= 0.3 is 0 Å². The Morgan fingerprint density at radius 3 is 2.41 bits per heavy atom. The number of alkyl halides is 1. The minimum Gasteiger partial charge on any atom is -0.0839 e. The van der Waals surface area contributed by atoms with Crippen molar-refractivity contribution in [2.24, 2.45) is 0 Å². The maximum absolute atomic E-state index is 6.01. The second kappa shape index (κ2) is 8.39. The molecule has 0 aliphatic rings.